The number of thiazole rings is 1. The van der Waals surface area contributed by atoms with Gasteiger partial charge < -0.3 is 0 Å². The average molecular weight is 273 g/mol. The molecule has 1 unspecified atom stereocenters. The Morgan fingerprint density at radius 3 is 2.71 bits per heavy atom. The Bertz CT molecular complexity index is 516. The largest absolute Gasteiger partial charge is 0.250 e. The summed E-state index contributed by atoms with van der Waals surface area (Å²) in [6.07, 6.45) is 0.296. The first-order valence-electron chi connectivity index (χ1n) is 5.17. The van der Waals surface area contributed by atoms with Gasteiger partial charge >= 0.3 is 0 Å². The van der Waals surface area contributed by atoms with Crippen LogP contribution in [0.3, 0.4) is 0 Å². The van der Waals surface area contributed by atoms with Crippen LogP contribution < -0.4 is 0 Å². The minimum absolute atomic E-state index is 0.275. The van der Waals surface area contributed by atoms with E-state index in [9.17, 15) is 8.42 Å². The van der Waals surface area contributed by atoms with Crippen LogP contribution in [0.4, 0.5) is 0 Å². The molecule has 1 aromatic rings. The van der Waals surface area contributed by atoms with Gasteiger partial charge in [-0.3, -0.25) is 0 Å². The van der Waals surface area contributed by atoms with Gasteiger partial charge in [0.2, 0.25) is 10.0 Å². The van der Waals surface area contributed by atoms with Crippen LogP contribution in [0.5, 0.6) is 0 Å². The first kappa shape index (κ1) is 14.1. The molecule has 0 aromatic carbocycles. The van der Waals surface area contributed by atoms with Crippen molar-refractivity contribution >= 4 is 21.4 Å². The lowest BCUT2D eigenvalue weighted by Gasteiger charge is -2.19. The Morgan fingerprint density at radius 2 is 2.29 bits per heavy atom. The first-order valence-corrected chi connectivity index (χ1v) is 7.55. The van der Waals surface area contributed by atoms with Crippen molar-refractivity contribution in [2.24, 2.45) is 0 Å². The Kier molecular flexibility index (Phi) is 4.62. The number of hydrogen-bond acceptors (Lipinski definition) is 5. The van der Waals surface area contributed by atoms with Crippen molar-refractivity contribution < 1.29 is 8.42 Å². The molecule has 0 saturated carbocycles. The van der Waals surface area contributed by atoms with Crippen molar-refractivity contribution in [3.8, 4) is 6.07 Å². The SMILES string of the molecule is CCC(C#N)S(=O)(=O)N(C)Cc1scnc1C. The normalized spacial score (nSPS) is 13.6. The first-order chi connectivity index (χ1) is 7.93. The fourth-order valence-corrected chi connectivity index (χ4v) is 3.57. The number of rotatable bonds is 5. The maximum atomic E-state index is 12.0. The van der Waals surface area contributed by atoms with Crippen LogP contribution in [0, 0.1) is 18.3 Å². The van der Waals surface area contributed by atoms with Gasteiger partial charge in [-0.2, -0.15) is 9.57 Å². The molecule has 0 N–H and O–H groups in total. The van der Waals surface area contributed by atoms with Crippen LogP contribution in [0.1, 0.15) is 23.9 Å². The lowest BCUT2D eigenvalue weighted by molar-refractivity contribution is 0.462. The van der Waals surface area contributed by atoms with Gasteiger partial charge in [0.25, 0.3) is 0 Å². The summed E-state index contributed by atoms with van der Waals surface area (Å²) in [5.41, 5.74) is 2.52. The number of nitrogens with zero attached hydrogens (tertiary/aromatic N) is 3. The highest BCUT2D eigenvalue weighted by molar-refractivity contribution is 7.89. The third kappa shape index (κ3) is 3.03. The zero-order chi connectivity index (χ0) is 13.1. The maximum Gasteiger partial charge on any atom is 0.230 e. The lowest BCUT2D eigenvalue weighted by Crippen LogP contribution is -2.34. The van der Waals surface area contributed by atoms with E-state index in [1.54, 1.807) is 12.4 Å². The van der Waals surface area contributed by atoms with Crippen molar-refractivity contribution in [2.75, 3.05) is 7.05 Å². The van der Waals surface area contributed by atoms with E-state index in [0.717, 1.165) is 10.6 Å². The molecule has 0 aliphatic heterocycles. The van der Waals surface area contributed by atoms with E-state index >= 15 is 0 Å². The average Bonchev–Trinajstić information content (AvgIpc) is 2.65. The van der Waals surface area contributed by atoms with Gasteiger partial charge in [0.1, 0.15) is 0 Å². The molecule has 17 heavy (non-hydrogen) atoms. The molecule has 94 valence electrons. The minimum atomic E-state index is -3.54. The van der Waals surface area contributed by atoms with E-state index in [2.05, 4.69) is 4.98 Å². The van der Waals surface area contributed by atoms with Crippen LogP contribution in [-0.4, -0.2) is 30.0 Å². The number of sulfonamides is 1. The fourth-order valence-electron chi connectivity index (χ4n) is 1.36. The smallest absolute Gasteiger partial charge is 0.230 e. The fraction of sp³-hybridized carbons (Fsp3) is 0.600. The summed E-state index contributed by atoms with van der Waals surface area (Å²) in [6.45, 7) is 3.81. The van der Waals surface area contributed by atoms with Gasteiger partial charge in [-0.05, 0) is 13.3 Å². The molecule has 1 atom stereocenters. The zero-order valence-electron chi connectivity index (χ0n) is 10.0. The molecule has 0 fully saturated rings. The van der Waals surface area contributed by atoms with Crippen LogP contribution in [0.2, 0.25) is 0 Å². The van der Waals surface area contributed by atoms with Crippen molar-refractivity contribution in [1.29, 1.82) is 5.26 Å². The highest BCUT2D eigenvalue weighted by atomic mass is 32.2. The third-order valence-corrected chi connectivity index (χ3v) is 5.60. The van der Waals surface area contributed by atoms with Gasteiger partial charge in [-0.25, -0.2) is 13.4 Å². The van der Waals surface area contributed by atoms with E-state index in [0.29, 0.717) is 6.42 Å². The summed E-state index contributed by atoms with van der Waals surface area (Å²) in [5, 5.41) is 7.85. The number of nitriles is 1. The summed E-state index contributed by atoms with van der Waals surface area (Å²) in [5.74, 6) is 0. The quantitative estimate of drug-likeness (QED) is 0.815. The summed E-state index contributed by atoms with van der Waals surface area (Å²) >= 11 is 1.42. The second-order valence-corrected chi connectivity index (χ2v) is 6.85. The number of aromatic nitrogens is 1. The molecule has 0 bridgehead atoms. The van der Waals surface area contributed by atoms with Crippen molar-refractivity contribution in [1.82, 2.24) is 9.29 Å². The topological polar surface area (TPSA) is 74.1 Å². The van der Waals surface area contributed by atoms with Crippen molar-refractivity contribution in [3.63, 3.8) is 0 Å². The molecular formula is C10H15N3O2S2. The van der Waals surface area contributed by atoms with E-state index in [1.165, 1.54) is 22.7 Å². The Hall–Kier alpha value is -0.970. The van der Waals surface area contributed by atoms with Gasteiger partial charge in [-0.15, -0.1) is 11.3 Å². The lowest BCUT2D eigenvalue weighted by atomic mass is 10.4. The molecule has 1 heterocycles. The molecule has 0 aliphatic rings. The van der Waals surface area contributed by atoms with Crippen molar-refractivity contribution in [2.45, 2.75) is 32.1 Å². The van der Waals surface area contributed by atoms with Gasteiger partial charge in [0.05, 0.1) is 17.3 Å². The Morgan fingerprint density at radius 1 is 1.65 bits per heavy atom. The van der Waals surface area contributed by atoms with Gasteiger partial charge in [0, 0.05) is 18.5 Å². The maximum absolute atomic E-state index is 12.0. The highest BCUT2D eigenvalue weighted by Gasteiger charge is 2.28. The summed E-state index contributed by atoms with van der Waals surface area (Å²) in [6, 6.07) is 1.83. The summed E-state index contributed by atoms with van der Waals surface area (Å²) < 4.78 is 25.3. The van der Waals surface area contributed by atoms with Crippen LogP contribution >= 0.6 is 11.3 Å². The van der Waals surface area contributed by atoms with Crippen LogP contribution in [-0.2, 0) is 16.6 Å². The Balaban J connectivity index is 2.88. The van der Waals surface area contributed by atoms with Gasteiger partial charge in [0.15, 0.2) is 5.25 Å². The van der Waals surface area contributed by atoms with Crippen LogP contribution in [0.25, 0.3) is 0 Å². The summed E-state index contributed by atoms with van der Waals surface area (Å²) in [4.78, 5) is 4.98. The third-order valence-electron chi connectivity index (χ3n) is 2.52. The van der Waals surface area contributed by atoms with Crippen molar-refractivity contribution in [3.05, 3.63) is 16.1 Å². The Labute approximate surface area is 106 Å². The standard InChI is InChI=1S/C10H15N3O2S2/c1-4-9(5-11)17(14,15)13(3)6-10-8(2)12-7-16-10/h7,9H,4,6H2,1-3H3. The van der Waals surface area contributed by atoms with E-state index in [-0.39, 0.29) is 6.54 Å². The molecule has 0 radical (unpaired) electrons. The predicted octanol–water partition coefficient (Wildman–Crippen LogP) is 1.52. The second kappa shape index (κ2) is 5.58. The minimum Gasteiger partial charge on any atom is -0.250 e. The predicted molar refractivity (Wildman–Crippen MR) is 66.9 cm³/mol. The molecule has 1 rings (SSSR count). The molecular weight excluding hydrogens is 258 g/mol. The number of aryl methyl sites for hydroxylation is 1. The van der Waals surface area contributed by atoms with Crippen LogP contribution in [0.15, 0.2) is 5.51 Å². The highest BCUT2D eigenvalue weighted by Crippen LogP contribution is 2.18. The van der Waals surface area contributed by atoms with E-state index in [4.69, 9.17) is 5.26 Å². The number of hydrogen-bond donors (Lipinski definition) is 0. The molecule has 0 amide bonds. The molecule has 5 nitrogen and oxygen atoms in total. The molecule has 0 spiro atoms. The summed E-state index contributed by atoms with van der Waals surface area (Å²) in [7, 11) is -2.05. The van der Waals surface area contributed by atoms with E-state index < -0.39 is 15.3 Å². The molecule has 0 saturated heterocycles. The second-order valence-electron chi connectivity index (χ2n) is 3.69. The molecule has 7 heteroatoms. The molecule has 1 aromatic heterocycles. The van der Waals surface area contributed by atoms with Gasteiger partial charge in [-0.1, -0.05) is 6.92 Å². The zero-order valence-corrected chi connectivity index (χ0v) is 11.7. The van der Waals surface area contributed by atoms with E-state index in [1.807, 2.05) is 13.0 Å². The monoisotopic (exact) mass is 273 g/mol. The molecule has 0 aliphatic carbocycles.